The number of ether oxygens (including phenoxy) is 4. The molecule has 4 amide bonds. The van der Waals surface area contributed by atoms with E-state index in [4.69, 9.17) is 30.5 Å². The summed E-state index contributed by atoms with van der Waals surface area (Å²) in [5.41, 5.74) is 1.80. The molecule has 1 saturated heterocycles. The second kappa shape index (κ2) is 14.8. The van der Waals surface area contributed by atoms with Crippen LogP contribution in [0.3, 0.4) is 0 Å². The van der Waals surface area contributed by atoms with Gasteiger partial charge in [-0.1, -0.05) is 67.1 Å². The predicted octanol–water partition coefficient (Wildman–Crippen LogP) is 7.32. The fourth-order valence-corrected chi connectivity index (χ4v) is 5.35. The summed E-state index contributed by atoms with van der Waals surface area (Å²) >= 11 is 6.68. The highest BCUT2D eigenvalue weighted by molar-refractivity contribution is 6.33. The third-order valence-electron chi connectivity index (χ3n) is 7.19. The molecule has 0 aromatic heterocycles. The van der Waals surface area contributed by atoms with Crippen LogP contribution in [0.5, 0.6) is 23.0 Å². The van der Waals surface area contributed by atoms with E-state index >= 15 is 0 Å². The maximum atomic E-state index is 13.5. The summed E-state index contributed by atoms with van der Waals surface area (Å²) in [6, 6.07) is 21.6. The second-order valence-electron chi connectivity index (χ2n) is 10.5. The smallest absolute Gasteiger partial charge is 0.331 e. The molecule has 1 heterocycles. The van der Waals surface area contributed by atoms with E-state index in [9.17, 15) is 14.4 Å². The molecule has 238 valence electrons. The first-order valence-electron chi connectivity index (χ1n) is 15.2. The molecule has 0 aliphatic carbocycles. The Morgan fingerprint density at radius 1 is 0.804 bits per heavy atom. The monoisotopic (exact) mass is 642 g/mol. The highest BCUT2D eigenvalue weighted by atomic mass is 35.5. The van der Waals surface area contributed by atoms with Crippen LogP contribution < -0.4 is 24.3 Å². The standard InChI is InChI=1S/C36H35ClN2O7/c1-4-16-45-30-15-14-23(19-31(30)43-5-2)21-39-35(41)28(34(40)38-36(39)42)17-24-18-29(37)33(32(20-24)44-6-3)46-22-26-12-9-11-25-10-7-8-13-27(25)26/h7-15,17-20H,4-6,16,21-22H2,1-3H3,(H,38,40,42)/b28-17+. The summed E-state index contributed by atoms with van der Waals surface area (Å²) in [6.45, 7) is 7.11. The van der Waals surface area contributed by atoms with Gasteiger partial charge < -0.3 is 18.9 Å². The van der Waals surface area contributed by atoms with Crippen LogP contribution in [0.4, 0.5) is 4.79 Å². The zero-order chi connectivity index (χ0) is 32.6. The molecule has 4 aromatic rings. The molecule has 0 saturated carbocycles. The van der Waals surface area contributed by atoms with Crippen molar-refractivity contribution in [2.45, 2.75) is 40.3 Å². The first-order chi connectivity index (χ1) is 22.3. The van der Waals surface area contributed by atoms with Crippen LogP contribution in [-0.2, 0) is 22.7 Å². The first kappa shape index (κ1) is 32.4. The molecule has 1 N–H and O–H groups in total. The summed E-state index contributed by atoms with van der Waals surface area (Å²) in [7, 11) is 0. The molecule has 0 unspecified atom stereocenters. The maximum absolute atomic E-state index is 13.5. The number of carbonyl (C=O) groups is 3. The fraction of sp³-hybridized carbons (Fsp3) is 0.250. The largest absolute Gasteiger partial charge is 0.490 e. The van der Waals surface area contributed by atoms with Gasteiger partial charge in [-0.15, -0.1) is 0 Å². The molecule has 1 aliphatic rings. The van der Waals surface area contributed by atoms with Gasteiger partial charge >= 0.3 is 6.03 Å². The Hall–Kier alpha value is -5.02. The molecule has 0 atom stereocenters. The van der Waals surface area contributed by atoms with Crippen molar-refractivity contribution in [3.05, 3.63) is 100 Å². The van der Waals surface area contributed by atoms with Crippen LogP contribution >= 0.6 is 11.6 Å². The lowest BCUT2D eigenvalue weighted by Gasteiger charge is -2.26. The SMILES string of the molecule is CCCOc1ccc(CN2C(=O)NC(=O)/C(=C\c3cc(Cl)c(OCc4cccc5ccccc45)c(OCC)c3)C2=O)cc1OCC. The molecule has 0 spiro atoms. The van der Waals surface area contributed by atoms with Gasteiger partial charge in [0.1, 0.15) is 12.2 Å². The number of nitrogens with zero attached hydrogens (tertiary/aromatic N) is 1. The Morgan fingerprint density at radius 2 is 1.57 bits per heavy atom. The van der Waals surface area contributed by atoms with Crippen molar-refractivity contribution in [3.63, 3.8) is 0 Å². The zero-order valence-corrected chi connectivity index (χ0v) is 26.7. The van der Waals surface area contributed by atoms with Crippen LogP contribution in [0.15, 0.2) is 78.4 Å². The fourth-order valence-electron chi connectivity index (χ4n) is 5.08. The van der Waals surface area contributed by atoms with E-state index < -0.39 is 17.8 Å². The number of halogens is 1. The van der Waals surface area contributed by atoms with E-state index in [-0.39, 0.29) is 23.7 Å². The van der Waals surface area contributed by atoms with Crippen molar-refractivity contribution in [2.24, 2.45) is 0 Å². The number of fused-ring (bicyclic) bond motifs is 1. The number of carbonyl (C=O) groups excluding carboxylic acids is 3. The Balaban J connectivity index is 1.39. The summed E-state index contributed by atoms with van der Waals surface area (Å²) in [5, 5.41) is 4.66. The van der Waals surface area contributed by atoms with E-state index in [1.54, 1.807) is 30.3 Å². The summed E-state index contributed by atoms with van der Waals surface area (Å²) in [6.07, 6.45) is 2.21. The van der Waals surface area contributed by atoms with E-state index in [1.165, 1.54) is 6.08 Å². The molecule has 10 heteroatoms. The van der Waals surface area contributed by atoms with Crippen LogP contribution in [0.2, 0.25) is 5.02 Å². The molecule has 4 aromatic carbocycles. The summed E-state index contributed by atoms with van der Waals surface area (Å²) in [5.74, 6) is 0.215. The van der Waals surface area contributed by atoms with E-state index in [0.29, 0.717) is 53.9 Å². The summed E-state index contributed by atoms with van der Waals surface area (Å²) < 4.78 is 23.5. The molecule has 0 radical (unpaired) electrons. The number of urea groups is 1. The normalized spacial score (nSPS) is 14.0. The van der Waals surface area contributed by atoms with Crippen molar-refractivity contribution in [3.8, 4) is 23.0 Å². The molecule has 5 rings (SSSR count). The Bertz CT molecular complexity index is 1800. The van der Waals surface area contributed by atoms with Gasteiger partial charge in [-0.3, -0.25) is 19.8 Å². The van der Waals surface area contributed by atoms with Crippen molar-refractivity contribution >= 4 is 46.3 Å². The lowest BCUT2D eigenvalue weighted by atomic mass is 10.1. The van der Waals surface area contributed by atoms with Gasteiger partial charge in [0.2, 0.25) is 0 Å². The van der Waals surface area contributed by atoms with Crippen LogP contribution in [0.25, 0.3) is 16.8 Å². The number of rotatable bonds is 13. The minimum atomic E-state index is -0.818. The minimum Gasteiger partial charge on any atom is -0.490 e. The average Bonchev–Trinajstić information content (AvgIpc) is 3.04. The highest BCUT2D eigenvalue weighted by Crippen LogP contribution is 2.38. The van der Waals surface area contributed by atoms with Gasteiger partial charge in [-0.2, -0.15) is 0 Å². The van der Waals surface area contributed by atoms with Crippen LogP contribution in [0.1, 0.15) is 43.9 Å². The third kappa shape index (κ3) is 7.26. The van der Waals surface area contributed by atoms with Crippen molar-refractivity contribution < 1.29 is 33.3 Å². The Morgan fingerprint density at radius 3 is 2.35 bits per heavy atom. The molecule has 46 heavy (non-hydrogen) atoms. The number of nitrogens with one attached hydrogen (secondary N) is 1. The molecule has 0 bridgehead atoms. The number of amides is 4. The Kier molecular flexibility index (Phi) is 10.4. The molecule has 1 fully saturated rings. The molecule has 1 aliphatic heterocycles. The average molecular weight is 643 g/mol. The summed E-state index contributed by atoms with van der Waals surface area (Å²) in [4.78, 5) is 40.1. The van der Waals surface area contributed by atoms with Crippen molar-refractivity contribution in [2.75, 3.05) is 19.8 Å². The molecular formula is C36H35ClN2O7. The number of hydrogen-bond donors (Lipinski definition) is 1. The Labute approximate surface area is 272 Å². The topological polar surface area (TPSA) is 103 Å². The van der Waals surface area contributed by atoms with Crippen molar-refractivity contribution in [1.82, 2.24) is 10.2 Å². The number of hydrogen-bond acceptors (Lipinski definition) is 7. The lowest BCUT2D eigenvalue weighted by Crippen LogP contribution is -2.53. The van der Waals surface area contributed by atoms with Gasteiger partial charge in [0, 0.05) is 0 Å². The maximum Gasteiger partial charge on any atom is 0.331 e. The van der Waals surface area contributed by atoms with E-state index in [0.717, 1.165) is 27.7 Å². The number of benzene rings is 4. The van der Waals surface area contributed by atoms with Gasteiger partial charge in [0.05, 0.1) is 31.4 Å². The van der Waals surface area contributed by atoms with Gasteiger partial charge in [-0.25, -0.2) is 4.79 Å². The van der Waals surface area contributed by atoms with Gasteiger partial charge in [0.15, 0.2) is 23.0 Å². The van der Waals surface area contributed by atoms with Crippen molar-refractivity contribution in [1.29, 1.82) is 0 Å². The molecular weight excluding hydrogens is 608 g/mol. The lowest BCUT2D eigenvalue weighted by molar-refractivity contribution is -0.130. The van der Waals surface area contributed by atoms with E-state index in [1.807, 2.05) is 63.2 Å². The third-order valence-corrected chi connectivity index (χ3v) is 7.47. The van der Waals surface area contributed by atoms with Gasteiger partial charge in [-0.05, 0) is 78.1 Å². The molecule has 9 nitrogen and oxygen atoms in total. The number of barbiturate groups is 1. The van der Waals surface area contributed by atoms with Gasteiger partial charge in [0.25, 0.3) is 11.8 Å². The first-order valence-corrected chi connectivity index (χ1v) is 15.5. The highest BCUT2D eigenvalue weighted by Gasteiger charge is 2.36. The predicted molar refractivity (Wildman–Crippen MR) is 176 cm³/mol. The van der Waals surface area contributed by atoms with Crippen LogP contribution in [0, 0.1) is 0 Å². The zero-order valence-electron chi connectivity index (χ0n) is 25.9. The second-order valence-corrected chi connectivity index (χ2v) is 10.9. The van der Waals surface area contributed by atoms with Crippen LogP contribution in [-0.4, -0.2) is 42.6 Å². The van der Waals surface area contributed by atoms with E-state index in [2.05, 4.69) is 5.32 Å². The quantitative estimate of drug-likeness (QED) is 0.120. The minimum absolute atomic E-state index is 0.0880. The number of imide groups is 2.